The molecule has 0 radical (unpaired) electrons. The largest absolute Gasteiger partial charge is 0.460 e. The lowest BCUT2D eigenvalue weighted by atomic mass is 9.89. The summed E-state index contributed by atoms with van der Waals surface area (Å²) in [6, 6.07) is -4.47. The highest BCUT2D eigenvalue weighted by molar-refractivity contribution is 5.96. The van der Waals surface area contributed by atoms with Crippen molar-refractivity contribution in [3.63, 3.8) is 0 Å². The molecule has 0 saturated carbocycles. The quantitative estimate of drug-likeness (QED) is 0.108. The zero-order chi connectivity index (χ0) is 39.5. The summed E-state index contributed by atoms with van der Waals surface area (Å²) in [6.45, 7) is 11.4. The number of esters is 1. The molecule has 2 saturated heterocycles. The molecule has 304 valence electrons. The van der Waals surface area contributed by atoms with E-state index in [-0.39, 0.29) is 23.7 Å². The molecule has 0 bridgehead atoms. The van der Waals surface area contributed by atoms with Gasteiger partial charge in [0.25, 0.3) is 0 Å². The van der Waals surface area contributed by atoms with Crippen LogP contribution in [0.2, 0.25) is 0 Å². The number of aliphatic hydroxyl groups excluding tert-OH is 1. The number of aliphatic hydroxyl groups is 1. The Balaban J connectivity index is 2.48. The Morgan fingerprint density at radius 3 is 2.02 bits per heavy atom. The van der Waals surface area contributed by atoms with E-state index in [4.69, 9.17) is 4.74 Å². The summed E-state index contributed by atoms with van der Waals surface area (Å²) >= 11 is 0. The molecule has 0 aromatic heterocycles. The van der Waals surface area contributed by atoms with E-state index in [0.717, 1.165) is 25.7 Å². The first kappa shape index (κ1) is 45.9. The number of rotatable bonds is 15. The van der Waals surface area contributed by atoms with Gasteiger partial charge in [0.05, 0.1) is 12.5 Å². The molecule has 2 fully saturated rings. The fourth-order valence-corrected chi connectivity index (χ4v) is 7.13. The van der Waals surface area contributed by atoms with Gasteiger partial charge in [-0.05, 0) is 62.9 Å². The van der Waals surface area contributed by atoms with Crippen LogP contribution in [0.4, 0.5) is 0 Å². The lowest BCUT2D eigenvalue weighted by Crippen LogP contribution is -2.61. The number of piperidine rings is 1. The maximum Gasteiger partial charge on any atom is 0.325 e. The van der Waals surface area contributed by atoms with E-state index in [1.165, 1.54) is 30.6 Å². The molecule has 2 rings (SSSR count). The summed E-state index contributed by atoms with van der Waals surface area (Å²) in [5.41, 5.74) is 0. The Kier molecular flexibility index (Phi) is 21.0. The number of amides is 5. The van der Waals surface area contributed by atoms with Crippen LogP contribution in [0.15, 0.2) is 0 Å². The molecule has 6 N–H and O–H groups in total. The van der Waals surface area contributed by atoms with Crippen molar-refractivity contribution >= 4 is 35.5 Å². The molecule has 7 atom stereocenters. The molecule has 2 aliphatic heterocycles. The number of carbonyl (C=O) groups excluding carboxylic acids is 6. The van der Waals surface area contributed by atoms with E-state index >= 15 is 0 Å². The van der Waals surface area contributed by atoms with Crippen molar-refractivity contribution in [2.24, 2.45) is 23.7 Å². The SMILES string of the molecule is CCCCCCCCCC[C@H]1OC(=O)CNC(=O)[C@H](C2CCNCC2)NC(=O)[C@H](CO)NC(=O)[C@H]([C@@H](C)CC)NC(=O)[C@H](CC(C)C)N(C)C(=O)[C@@H]1C. The summed E-state index contributed by atoms with van der Waals surface area (Å²) in [5.74, 6) is -5.06. The van der Waals surface area contributed by atoms with Crippen LogP contribution in [-0.2, 0) is 33.5 Å². The predicted molar refractivity (Wildman–Crippen MR) is 203 cm³/mol. The Labute approximate surface area is 317 Å². The number of hydrogen-bond donors (Lipinski definition) is 6. The number of likely N-dealkylation sites (N-methyl/N-ethyl adjacent to an activating group) is 1. The van der Waals surface area contributed by atoms with Gasteiger partial charge >= 0.3 is 5.97 Å². The highest BCUT2D eigenvalue weighted by atomic mass is 16.5. The third kappa shape index (κ3) is 15.2. The summed E-state index contributed by atoms with van der Waals surface area (Å²) < 4.78 is 5.92. The van der Waals surface area contributed by atoms with Crippen LogP contribution < -0.4 is 26.6 Å². The van der Waals surface area contributed by atoms with Gasteiger partial charge in [-0.2, -0.15) is 0 Å². The first-order chi connectivity index (χ1) is 25.2. The zero-order valence-electron chi connectivity index (χ0n) is 33.5. The number of carbonyl (C=O) groups is 6. The van der Waals surface area contributed by atoms with Crippen LogP contribution in [0.5, 0.6) is 0 Å². The maximum atomic E-state index is 14.1. The molecule has 0 aromatic carbocycles. The second-order valence-corrected chi connectivity index (χ2v) is 15.6. The monoisotopic (exact) mass is 751 g/mol. The second kappa shape index (κ2) is 24.2. The van der Waals surface area contributed by atoms with Crippen molar-refractivity contribution in [3.05, 3.63) is 0 Å². The minimum Gasteiger partial charge on any atom is -0.460 e. The maximum absolute atomic E-state index is 14.1. The third-order valence-electron chi connectivity index (χ3n) is 10.8. The highest BCUT2D eigenvalue weighted by Gasteiger charge is 2.39. The van der Waals surface area contributed by atoms with Gasteiger partial charge in [-0.15, -0.1) is 0 Å². The number of ether oxygens (including phenoxy) is 1. The van der Waals surface area contributed by atoms with Crippen LogP contribution in [0.1, 0.15) is 125 Å². The Morgan fingerprint density at radius 2 is 1.43 bits per heavy atom. The zero-order valence-corrected chi connectivity index (χ0v) is 33.5. The van der Waals surface area contributed by atoms with Crippen LogP contribution in [0.3, 0.4) is 0 Å². The van der Waals surface area contributed by atoms with Gasteiger partial charge in [-0.25, -0.2) is 0 Å². The van der Waals surface area contributed by atoms with Gasteiger partial charge < -0.3 is 41.3 Å². The molecule has 53 heavy (non-hydrogen) atoms. The Hall–Kier alpha value is -3.26. The molecule has 0 aliphatic carbocycles. The molecule has 14 heteroatoms. The predicted octanol–water partition coefficient (Wildman–Crippen LogP) is 2.56. The van der Waals surface area contributed by atoms with E-state index in [2.05, 4.69) is 33.5 Å². The van der Waals surface area contributed by atoms with E-state index in [1.54, 1.807) is 20.9 Å². The first-order valence-corrected chi connectivity index (χ1v) is 20.2. The molecule has 0 spiro atoms. The molecule has 2 aliphatic rings. The lowest BCUT2D eigenvalue weighted by molar-refractivity contribution is -0.157. The van der Waals surface area contributed by atoms with Gasteiger partial charge in [0.1, 0.15) is 36.8 Å². The average molecular weight is 751 g/mol. The number of cyclic esters (lactones) is 1. The fraction of sp³-hybridized carbons (Fsp3) is 0.846. The minimum absolute atomic E-state index is 0.0127. The molecule has 5 amide bonds. The van der Waals surface area contributed by atoms with Crippen molar-refractivity contribution in [3.8, 4) is 0 Å². The van der Waals surface area contributed by atoms with Crippen molar-refractivity contribution in [1.29, 1.82) is 0 Å². The molecule has 0 aromatic rings. The van der Waals surface area contributed by atoms with Crippen LogP contribution in [0, 0.1) is 23.7 Å². The summed E-state index contributed by atoms with van der Waals surface area (Å²) in [6.07, 6.45) is 10.2. The van der Waals surface area contributed by atoms with E-state index in [1.807, 2.05) is 20.8 Å². The molecule has 0 unspecified atom stereocenters. The second-order valence-electron chi connectivity index (χ2n) is 15.6. The van der Waals surface area contributed by atoms with Crippen LogP contribution >= 0.6 is 0 Å². The Morgan fingerprint density at radius 1 is 0.811 bits per heavy atom. The molecular formula is C39H70N6O8. The minimum atomic E-state index is -1.41. The van der Waals surface area contributed by atoms with Gasteiger partial charge in [-0.1, -0.05) is 92.9 Å². The van der Waals surface area contributed by atoms with Crippen molar-refractivity contribution in [2.45, 2.75) is 155 Å². The van der Waals surface area contributed by atoms with Gasteiger partial charge in [0.2, 0.25) is 29.5 Å². The van der Waals surface area contributed by atoms with Gasteiger partial charge in [0.15, 0.2) is 0 Å². The standard InChI is InChI=1S/C39H70N6O8/c1-8-10-11-12-13-14-15-16-17-31-27(6)39(52)45(7)30(22-25(3)4)36(49)43-33(26(5)9-2)38(51)42-29(24-46)35(48)44-34(28-18-20-40-21-19-28)37(50)41-23-32(47)53-31/h25-31,33-34,40,46H,8-24H2,1-7H3,(H,41,50)(H,42,51)(H,43,49)(H,44,48)/t26-,27+,29-,30-,31+,33-,34-/m0/s1. The van der Waals surface area contributed by atoms with Crippen molar-refractivity contribution in [1.82, 2.24) is 31.5 Å². The number of unbranched alkanes of at least 4 members (excludes halogenated alkanes) is 7. The summed E-state index contributed by atoms with van der Waals surface area (Å²) in [5, 5.41) is 24.2. The highest BCUT2D eigenvalue weighted by Crippen LogP contribution is 2.23. The van der Waals surface area contributed by atoms with Crippen molar-refractivity contribution in [2.75, 3.05) is 33.3 Å². The normalized spacial score (nSPS) is 27.2. The van der Waals surface area contributed by atoms with E-state index in [0.29, 0.717) is 45.2 Å². The summed E-state index contributed by atoms with van der Waals surface area (Å²) in [4.78, 5) is 83.7. The molecule has 2 heterocycles. The number of nitrogens with one attached hydrogen (secondary N) is 5. The summed E-state index contributed by atoms with van der Waals surface area (Å²) in [7, 11) is 1.55. The van der Waals surface area contributed by atoms with E-state index < -0.39 is 78.9 Å². The van der Waals surface area contributed by atoms with Crippen LogP contribution in [0.25, 0.3) is 0 Å². The third-order valence-corrected chi connectivity index (χ3v) is 10.8. The van der Waals surface area contributed by atoms with Crippen LogP contribution in [-0.4, -0.2) is 109 Å². The Bertz CT molecular complexity index is 1180. The van der Waals surface area contributed by atoms with E-state index in [9.17, 15) is 33.9 Å². The van der Waals surface area contributed by atoms with Crippen molar-refractivity contribution < 1.29 is 38.6 Å². The number of hydrogen-bond acceptors (Lipinski definition) is 9. The topological polar surface area (TPSA) is 195 Å². The molecular weight excluding hydrogens is 680 g/mol. The smallest absolute Gasteiger partial charge is 0.325 e. The fourth-order valence-electron chi connectivity index (χ4n) is 7.13. The van der Waals surface area contributed by atoms with Gasteiger partial charge in [-0.3, -0.25) is 28.8 Å². The molecule has 14 nitrogen and oxygen atoms in total. The van der Waals surface area contributed by atoms with Gasteiger partial charge in [0, 0.05) is 7.05 Å². The average Bonchev–Trinajstić information content (AvgIpc) is 3.15. The number of nitrogens with zero attached hydrogens (tertiary/aromatic N) is 1. The first-order valence-electron chi connectivity index (χ1n) is 20.2. The lowest BCUT2D eigenvalue weighted by Gasteiger charge is -2.34.